The highest BCUT2D eigenvalue weighted by atomic mass is 16.5. The van der Waals surface area contributed by atoms with E-state index >= 15 is 0 Å². The van der Waals surface area contributed by atoms with Crippen LogP contribution >= 0.6 is 0 Å². The Hall–Kier alpha value is -2.89. The SMILES string of the molecule is C=C(C)C(=O)[C@H](OC(C)=O)c1c(OC)ccc2ccc(=O)oc12. The van der Waals surface area contributed by atoms with Crippen molar-refractivity contribution in [2.45, 2.75) is 20.0 Å². The zero-order chi connectivity index (χ0) is 17.1. The Kier molecular flexibility index (Phi) is 4.64. The zero-order valence-electron chi connectivity index (χ0n) is 13.0. The van der Waals surface area contributed by atoms with Crippen molar-refractivity contribution in [3.8, 4) is 5.75 Å². The molecule has 0 aliphatic carbocycles. The van der Waals surface area contributed by atoms with Gasteiger partial charge in [-0.05, 0) is 30.7 Å². The predicted octanol–water partition coefficient (Wildman–Crippen LogP) is 2.55. The van der Waals surface area contributed by atoms with Gasteiger partial charge in [0.05, 0.1) is 12.7 Å². The lowest BCUT2D eigenvalue weighted by atomic mass is 9.98. The zero-order valence-corrected chi connectivity index (χ0v) is 13.0. The maximum atomic E-state index is 12.4. The van der Waals surface area contributed by atoms with E-state index in [1.807, 2.05) is 0 Å². The average molecular weight is 316 g/mol. The normalized spacial score (nSPS) is 11.8. The van der Waals surface area contributed by atoms with Gasteiger partial charge in [-0.3, -0.25) is 9.59 Å². The summed E-state index contributed by atoms with van der Waals surface area (Å²) in [7, 11) is 1.40. The fourth-order valence-corrected chi connectivity index (χ4v) is 2.20. The Labute approximate surface area is 132 Å². The monoisotopic (exact) mass is 316 g/mol. The Morgan fingerprint density at radius 2 is 1.83 bits per heavy atom. The predicted molar refractivity (Wildman–Crippen MR) is 83.4 cm³/mol. The maximum absolute atomic E-state index is 12.4. The van der Waals surface area contributed by atoms with Crippen molar-refractivity contribution in [1.29, 1.82) is 0 Å². The van der Waals surface area contributed by atoms with Crippen molar-refractivity contribution in [2.24, 2.45) is 0 Å². The molecule has 0 spiro atoms. The van der Waals surface area contributed by atoms with Crippen LogP contribution in [0.4, 0.5) is 0 Å². The number of esters is 1. The Bertz CT molecular complexity index is 846. The fourth-order valence-electron chi connectivity index (χ4n) is 2.20. The van der Waals surface area contributed by atoms with E-state index in [0.29, 0.717) is 5.39 Å². The third kappa shape index (κ3) is 3.31. The summed E-state index contributed by atoms with van der Waals surface area (Å²) in [6, 6.07) is 6.11. The van der Waals surface area contributed by atoms with Gasteiger partial charge in [-0.25, -0.2) is 4.79 Å². The molecule has 0 aliphatic heterocycles. The second kappa shape index (κ2) is 6.48. The molecule has 120 valence electrons. The van der Waals surface area contributed by atoms with E-state index in [1.54, 1.807) is 18.2 Å². The lowest BCUT2D eigenvalue weighted by Gasteiger charge is -2.19. The molecule has 0 aliphatic rings. The summed E-state index contributed by atoms with van der Waals surface area (Å²) >= 11 is 0. The summed E-state index contributed by atoms with van der Waals surface area (Å²) < 4.78 is 15.6. The number of Topliss-reactive ketones (excluding diaryl/α,β-unsaturated/α-hetero) is 1. The molecule has 0 saturated carbocycles. The van der Waals surface area contributed by atoms with Crippen LogP contribution in [0.1, 0.15) is 25.5 Å². The van der Waals surface area contributed by atoms with Gasteiger partial charge >= 0.3 is 11.6 Å². The van der Waals surface area contributed by atoms with Crippen LogP contribution < -0.4 is 10.4 Å². The molecule has 0 unspecified atom stereocenters. The smallest absolute Gasteiger partial charge is 0.336 e. The number of ether oxygens (including phenoxy) is 2. The summed E-state index contributed by atoms with van der Waals surface area (Å²) in [6.45, 7) is 6.28. The first-order valence-electron chi connectivity index (χ1n) is 6.83. The fraction of sp³-hybridized carbons (Fsp3) is 0.235. The lowest BCUT2D eigenvalue weighted by molar-refractivity contribution is -0.152. The van der Waals surface area contributed by atoms with Crippen LogP contribution in [0.5, 0.6) is 5.75 Å². The van der Waals surface area contributed by atoms with Crippen LogP contribution in [0, 0.1) is 0 Å². The number of rotatable bonds is 5. The highest BCUT2D eigenvalue weighted by Crippen LogP contribution is 2.36. The molecule has 0 amide bonds. The third-order valence-corrected chi connectivity index (χ3v) is 3.21. The van der Waals surface area contributed by atoms with Crippen LogP contribution in [-0.4, -0.2) is 18.9 Å². The quantitative estimate of drug-likeness (QED) is 0.479. The van der Waals surface area contributed by atoms with Gasteiger partial charge < -0.3 is 13.9 Å². The van der Waals surface area contributed by atoms with Gasteiger partial charge in [-0.2, -0.15) is 0 Å². The molecule has 0 radical (unpaired) electrons. The lowest BCUT2D eigenvalue weighted by Crippen LogP contribution is -2.20. The summed E-state index contributed by atoms with van der Waals surface area (Å²) in [6.07, 6.45) is -1.30. The summed E-state index contributed by atoms with van der Waals surface area (Å²) in [5.74, 6) is -0.882. The standard InChI is InChI=1S/C17H16O6/c1-9(2)15(20)17(22-10(3)18)14-12(21-4)7-5-11-6-8-13(19)23-16(11)14/h5-8,17H,1H2,2-4H3/t17-/m1/s1. The molecule has 6 heteroatoms. The van der Waals surface area contributed by atoms with E-state index in [2.05, 4.69) is 6.58 Å². The number of hydrogen-bond acceptors (Lipinski definition) is 6. The summed E-state index contributed by atoms with van der Waals surface area (Å²) in [5, 5.41) is 0.576. The van der Waals surface area contributed by atoms with Gasteiger partial charge in [-0.1, -0.05) is 6.58 Å². The van der Waals surface area contributed by atoms with Gasteiger partial charge in [0.15, 0.2) is 6.10 Å². The highest BCUT2D eigenvalue weighted by Gasteiger charge is 2.30. The van der Waals surface area contributed by atoms with Gasteiger partial charge in [0.2, 0.25) is 5.78 Å². The molecule has 1 atom stereocenters. The van der Waals surface area contributed by atoms with E-state index in [1.165, 1.54) is 27.0 Å². The van der Waals surface area contributed by atoms with Crippen LogP contribution in [0.25, 0.3) is 11.0 Å². The first-order valence-corrected chi connectivity index (χ1v) is 6.83. The number of ketones is 1. The van der Waals surface area contributed by atoms with Crippen molar-refractivity contribution in [3.63, 3.8) is 0 Å². The van der Waals surface area contributed by atoms with Crippen LogP contribution in [0.2, 0.25) is 0 Å². The van der Waals surface area contributed by atoms with Crippen molar-refractivity contribution in [2.75, 3.05) is 7.11 Å². The van der Waals surface area contributed by atoms with Gasteiger partial charge in [0, 0.05) is 18.4 Å². The molecule has 1 aromatic heterocycles. The minimum absolute atomic E-state index is 0.137. The molecule has 2 rings (SSSR count). The number of methoxy groups -OCH3 is 1. The molecule has 23 heavy (non-hydrogen) atoms. The van der Waals surface area contributed by atoms with E-state index in [0.717, 1.165) is 0 Å². The molecule has 0 saturated heterocycles. The van der Waals surface area contributed by atoms with Crippen LogP contribution in [-0.2, 0) is 14.3 Å². The molecule has 2 aromatic rings. The molecule has 1 aromatic carbocycles. The second-order valence-corrected chi connectivity index (χ2v) is 4.99. The number of fused-ring (bicyclic) bond motifs is 1. The first-order chi connectivity index (χ1) is 10.8. The number of carbonyl (C=O) groups excluding carboxylic acids is 2. The number of carbonyl (C=O) groups is 2. The largest absolute Gasteiger partial charge is 0.496 e. The van der Waals surface area contributed by atoms with E-state index in [9.17, 15) is 14.4 Å². The third-order valence-electron chi connectivity index (χ3n) is 3.21. The van der Waals surface area contributed by atoms with Crippen LogP contribution in [0.3, 0.4) is 0 Å². The molecule has 0 bridgehead atoms. The van der Waals surface area contributed by atoms with Crippen molar-refractivity contribution >= 4 is 22.7 Å². The Morgan fingerprint density at radius 3 is 2.39 bits per heavy atom. The van der Waals surface area contributed by atoms with Gasteiger partial charge in [0.1, 0.15) is 11.3 Å². The molecule has 0 fully saturated rings. The Morgan fingerprint density at radius 1 is 1.17 bits per heavy atom. The first kappa shape index (κ1) is 16.5. The maximum Gasteiger partial charge on any atom is 0.336 e. The number of hydrogen-bond donors (Lipinski definition) is 0. The van der Waals surface area contributed by atoms with Crippen LogP contribution in [0.15, 0.2) is 45.6 Å². The van der Waals surface area contributed by atoms with Gasteiger partial charge in [0.25, 0.3) is 0 Å². The van der Waals surface area contributed by atoms with Crippen molar-refractivity contribution in [3.05, 3.63) is 52.4 Å². The molecule has 6 nitrogen and oxygen atoms in total. The van der Waals surface area contributed by atoms with E-state index in [4.69, 9.17) is 13.9 Å². The van der Waals surface area contributed by atoms with Crippen molar-refractivity contribution < 1.29 is 23.5 Å². The van der Waals surface area contributed by atoms with E-state index < -0.39 is 23.5 Å². The number of benzene rings is 1. The molecular weight excluding hydrogens is 300 g/mol. The van der Waals surface area contributed by atoms with Gasteiger partial charge in [-0.15, -0.1) is 0 Å². The average Bonchev–Trinajstić information content (AvgIpc) is 2.50. The minimum atomic E-state index is -1.30. The molecule has 1 heterocycles. The summed E-state index contributed by atoms with van der Waals surface area (Å²) in [5.41, 5.74) is -0.0615. The second-order valence-electron chi connectivity index (χ2n) is 4.99. The van der Waals surface area contributed by atoms with E-state index in [-0.39, 0.29) is 22.5 Å². The topological polar surface area (TPSA) is 82.8 Å². The summed E-state index contributed by atoms with van der Waals surface area (Å²) in [4.78, 5) is 35.4. The Balaban J connectivity index is 2.81. The molecular formula is C17H16O6. The highest BCUT2D eigenvalue weighted by molar-refractivity contribution is 6.02. The minimum Gasteiger partial charge on any atom is -0.496 e. The van der Waals surface area contributed by atoms with Crippen molar-refractivity contribution in [1.82, 2.24) is 0 Å². The molecule has 0 N–H and O–H groups in total.